The van der Waals surface area contributed by atoms with Crippen LogP contribution in [0.25, 0.3) is 0 Å². The second-order valence-corrected chi connectivity index (χ2v) is 1.79. The molecule has 13 heavy (non-hydrogen) atoms. The largest absolute Gasteiger partial charge is 0.512 e. The van der Waals surface area contributed by atoms with Crippen LogP contribution in [0.4, 0.5) is 9.59 Å². The fourth-order valence-electron chi connectivity index (χ4n) is 0.589. The third-order valence-electron chi connectivity index (χ3n) is 0.954. The summed E-state index contributed by atoms with van der Waals surface area (Å²) in [5, 5.41) is 21.8. The number of ether oxygens (including phenoxy) is 2. The first-order valence-corrected chi connectivity index (χ1v) is 2.95. The van der Waals surface area contributed by atoms with Crippen molar-refractivity contribution >= 4 is 12.3 Å². The first-order chi connectivity index (χ1) is 6.09. The molecule has 0 spiro atoms. The maximum atomic E-state index is 10.0. The molecule has 0 atom stereocenters. The van der Waals surface area contributed by atoms with Crippen molar-refractivity contribution in [1.29, 1.82) is 0 Å². The highest BCUT2D eigenvalue weighted by Gasteiger charge is 2.14. The number of H-pyrrole nitrogens is 1. The minimum absolute atomic E-state index is 0.310. The summed E-state index contributed by atoms with van der Waals surface area (Å²) in [4.78, 5) is 20.1. The first-order valence-electron chi connectivity index (χ1n) is 2.95. The van der Waals surface area contributed by atoms with Crippen LogP contribution in [0, 0.1) is 0 Å². The molecule has 0 aliphatic rings. The van der Waals surface area contributed by atoms with Crippen molar-refractivity contribution in [2.45, 2.75) is 0 Å². The van der Waals surface area contributed by atoms with Crippen molar-refractivity contribution in [2.75, 3.05) is 0 Å². The maximum absolute atomic E-state index is 10.0. The summed E-state index contributed by atoms with van der Waals surface area (Å²) in [5.41, 5.74) is 0. The van der Waals surface area contributed by atoms with Gasteiger partial charge in [0.15, 0.2) is 0 Å². The van der Waals surface area contributed by atoms with E-state index < -0.39 is 18.2 Å². The SMILES string of the molecule is O=C(O)Oc1c[nH]nc1OC(=O)O. The molecule has 0 amide bonds. The molecule has 0 fully saturated rings. The zero-order valence-electron chi connectivity index (χ0n) is 6.05. The molecular formula is C5H4N2O6. The molecule has 1 heterocycles. The second-order valence-electron chi connectivity index (χ2n) is 1.79. The Morgan fingerprint density at radius 2 is 1.92 bits per heavy atom. The molecule has 1 rings (SSSR count). The van der Waals surface area contributed by atoms with E-state index >= 15 is 0 Å². The molecule has 1 aromatic rings. The topological polar surface area (TPSA) is 122 Å². The fraction of sp³-hybridized carbons (Fsp3) is 0. The van der Waals surface area contributed by atoms with Crippen LogP contribution in [0.15, 0.2) is 6.20 Å². The van der Waals surface area contributed by atoms with Gasteiger partial charge in [-0.05, 0) is 0 Å². The molecule has 1 aromatic heterocycles. The van der Waals surface area contributed by atoms with Gasteiger partial charge >= 0.3 is 12.3 Å². The van der Waals surface area contributed by atoms with Crippen LogP contribution in [-0.4, -0.2) is 32.7 Å². The Labute approximate surface area is 70.7 Å². The fourth-order valence-corrected chi connectivity index (χ4v) is 0.589. The average molecular weight is 188 g/mol. The summed E-state index contributed by atoms with van der Waals surface area (Å²) in [5.74, 6) is -0.759. The molecule has 0 radical (unpaired) electrons. The van der Waals surface area contributed by atoms with Crippen LogP contribution in [0.3, 0.4) is 0 Å². The smallest absolute Gasteiger partial charge is 0.449 e. The Morgan fingerprint density at radius 1 is 1.31 bits per heavy atom. The highest BCUT2D eigenvalue weighted by Crippen LogP contribution is 2.23. The number of aromatic amines is 1. The van der Waals surface area contributed by atoms with Crippen LogP contribution in [0.1, 0.15) is 0 Å². The summed E-state index contributed by atoms with van der Waals surface area (Å²) in [6.45, 7) is 0. The zero-order chi connectivity index (χ0) is 9.84. The van der Waals surface area contributed by atoms with Gasteiger partial charge in [-0.2, -0.15) is 0 Å². The van der Waals surface area contributed by atoms with Gasteiger partial charge in [0, 0.05) is 0 Å². The lowest BCUT2D eigenvalue weighted by Gasteiger charge is -1.97. The Morgan fingerprint density at radius 3 is 2.46 bits per heavy atom. The minimum atomic E-state index is -1.61. The van der Waals surface area contributed by atoms with Gasteiger partial charge in [0.2, 0.25) is 5.75 Å². The summed E-state index contributed by atoms with van der Waals surface area (Å²) < 4.78 is 8.19. The predicted molar refractivity (Wildman–Crippen MR) is 35.9 cm³/mol. The van der Waals surface area contributed by atoms with Gasteiger partial charge in [-0.25, -0.2) is 9.59 Å². The molecule has 8 heteroatoms. The van der Waals surface area contributed by atoms with Gasteiger partial charge in [0.1, 0.15) is 0 Å². The Bertz CT molecular complexity index is 301. The quantitative estimate of drug-likeness (QED) is 0.578. The van der Waals surface area contributed by atoms with Crippen molar-refractivity contribution < 1.29 is 29.3 Å². The molecule has 0 bridgehead atoms. The van der Waals surface area contributed by atoms with E-state index in [9.17, 15) is 9.59 Å². The second kappa shape index (κ2) is 3.43. The van der Waals surface area contributed by atoms with Crippen LogP contribution in [0.5, 0.6) is 11.6 Å². The van der Waals surface area contributed by atoms with Crippen molar-refractivity contribution in [3.63, 3.8) is 0 Å². The Hall–Kier alpha value is -2.25. The number of carbonyl (C=O) groups is 2. The van der Waals surface area contributed by atoms with Gasteiger partial charge in [-0.15, -0.1) is 5.10 Å². The van der Waals surface area contributed by atoms with E-state index in [1.165, 1.54) is 0 Å². The summed E-state index contributed by atoms with van der Waals surface area (Å²) in [7, 11) is 0. The van der Waals surface area contributed by atoms with Crippen LogP contribution < -0.4 is 9.47 Å². The maximum Gasteiger partial charge on any atom is 0.512 e. The lowest BCUT2D eigenvalue weighted by atomic mass is 10.6. The van der Waals surface area contributed by atoms with E-state index in [0.29, 0.717) is 0 Å². The van der Waals surface area contributed by atoms with Crippen LogP contribution in [-0.2, 0) is 0 Å². The minimum Gasteiger partial charge on any atom is -0.449 e. The number of nitrogens with one attached hydrogen (secondary N) is 1. The predicted octanol–water partition coefficient (Wildman–Crippen LogP) is 0.523. The highest BCUT2D eigenvalue weighted by atomic mass is 16.7. The standard InChI is InChI=1S/C5H4N2O6/c8-4(9)12-2-1-6-7-3(2)13-5(10)11/h1H,(H,6,7)(H,8,9)(H,10,11). The monoisotopic (exact) mass is 188 g/mol. The molecule has 3 N–H and O–H groups in total. The number of carboxylic acid groups (broad SMARTS) is 2. The van der Waals surface area contributed by atoms with E-state index in [2.05, 4.69) is 19.7 Å². The van der Waals surface area contributed by atoms with Crippen molar-refractivity contribution in [3.05, 3.63) is 6.20 Å². The molecule has 8 nitrogen and oxygen atoms in total. The Kier molecular flexibility index (Phi) is 2.33. The lowest BCUT2D eigenvalue weighted by Crippen LogP contribution is -2.07. The van der Waals surface area contributed by atoms with Crippen LogP contribution in [0.2, 0.25) is 0 Å². The number of aromatic nitrogens is 2. The van der Waals surface area contributed by atoms with Gasteiger partial charge < -0.3 is 19.7 Å². The third-order valence-corrected chi connectivity index (χ3v) is 0.954. The van der Waals surface area contributed by atoms with E-state index in [-0.39, 0.29) is 5.75 Å². The molecule has 0 unspecified atom stereocenters. The molecule has 0 saturated carbocycles. The number of hydrogen-bond acceptors (Lipinski definition) is 5. The van der Waals surface area contributed by atoms with E-state index in [1.807, 2.05) is 0 Å². The normalized spacial score (nSPS) is 9.23. The average Bonchev–Trinajstić information content (AvgIpc) is 2.34. The molecular weight excluding hydrogens is 184 g/mol. The van der Waals surface area contributed by atoms with E-state index in [0.717, 1.165) is 6.20 Å². The zero-order valence-corrected chi connectivity index (χ0v) is 6.05. The van der Waals surface area contributed by atoms with E-state index in [4.69, 9.17) is 10.2 Å². The number of nitrogens with zero attached hydrogens (tertiary/aromatic N) is 1. The van der Waals surface area contributed by atoms with E-state index in [1.54, 1.807) is 0 Å². The summed E-state index contributed by atoms with van der Waals surface area (Å²) in [6, 6.07) is 0. The van der Waals surface area contributed by atoms with Crippen molar-refractivity contribution in [2.24, 2.45) is 0 Å². The van der Waals surface area contributed by atoms with Gasteiger partial charge in [-0.3, -0.25) is 5.10 Å². The van der Waals surface area contributed by atoms with Crippen molar-refractivity contribution in [3.8, 4) is 11.6 Å². The number of hydrogen-bond donors (Lipinski definition) is 3. The van der Waals surface area contributed by atoms with Gasteiger partial charge in [-0.1, -0.05) is 0 Å². The molecule has 0 aliphatic carbocycles. The van der Waals surface area contributed by atoms with Crippen LogP contribution >= 0.6 is 0 Å². The molecule has 0 aromatic carbocycles. The first kappa shape index (κ1) is 8.84. The Balaban J connectivity index is 2.76. The summed E-state index contributed by atoms with van der Waals surface area (Å²) >= 11 is 0. The summed E-state index contributed by atoms with van der Waals surface area (Å²) in [6.07, 6.45) is -2.15. The number of rotatable bonds is 2. The van der Waals surface area contributed by atoms with Gasteiger partial charge in [0.25, 0.3) is 5.88 Å². The highest BCUT2D eigenvalue weighted by molar-refractivity contribution is 5.65. The van der Waals surface area contributed by atoms with Crippen molar-refractivity contribution in [1.82, 2.24) is 10.2 Å². The lowest BCUT2D eigenvalue weighted by molar-refractivity contribution is 0.131. The van der Waals surface area contributed by atoms with Gasteiger partial charge in [0.05, 0.1) is 6.20 Å². The third kappa shape index (κ3) is 2.36. The molecule has 70 valence electrons. The molecule has 0 aliphatic heterocycles. The molecule has 0 saturated heterocycles.